The number of aromatic amines is 1. The summed E-state index contributed by atoms with van der Waals surface area (Å²) in [5.41, 5.74) is 3.34. The zero-order chi connectivity index (χ0) is 21.1. The molecule has 0 radical (unpaired) electrons. The lowest BCUT2D eigenvalue weighted by atomic mass is 9.90. The number of halogens is 2. The molecule has 30 heavy (non-hydrogen) atoms. The Bertz CT molecular complexity index is 1210. The molecule has 0 aliphatic carbocycles. The third-order valence-electron chi connectivity index (χ3n) is 5.02. The topological polar surface area (TPSA) is 68.2 Å². The van der Waals surface area contributed by atoms with Gasteiger partial charge in [0.1, 0.15) is 12.4 Å². The van der Waals surface area contributed by atoms with Gasteiger partial charge in [0.05, 0.1) is 5.92 Å². The summed E-state index contributed by atoms with van der Waals surface area (Å²) in [7, 11) is 0. The second-order valence-corrected chi connectivity index (χ2v) is 7.76. The second-order valence-electron chi connectivity index (χ2n) is 6.92. The fourth-order valence-corrected chi connectivity index (χ4v) is 4.05. The molecule has 0 unspecified atom stereocenters. The highest BCUT2D eigenvalue weighted by molar-refractivity contribution is 6.35. The highest BCUT2D eigenvalue weighted by Crippen LogP contribution is 2.36. The van der Waals surface area contributed by atoms with Gasteiger partial charge in [-0.1, -0.05) is 65.7 Å². The van der Waals surface area contributed by atoms with Gasteiger partial charge in [0.25, 0.3) is 0 Å². The predicted octanol–water partition coefficient (Wildman–Crippen LogP) is 6.46. The molecular formula is C23H18Cl2N2O3. The highest BCUT2D eigenvalue weighted by Gasteiger charge is 2.26. The summed E-state index contributed by atoms with van der Waals surface area (Å²) in [6.07, 6.45) is 1.84. The maximum absolute atomic E-state index is 11.5. The Labute approximate surface area is 183 Å². The van der Waals surface area contributed by atoms with E-state index in [1.165, 1.54) is 0 Å². The minimum Gasteiger partial charge on any atom is -0.489 e. The van der Waals surface area contributed by atoms with Crippen molar-refractivity contribution in [2.24, 2.45) is 0 Å². The molecule has 0 saturated carbocycles. The van der Waals surface area contributed by atoms with Gasteiger partial charge in [-0.25, -0.2) is 0 Å². The number of hydrogen-bond donors (Lipinski definition) is 1. The molecular weight excluding hydrogens is 423 g/mol. The normalized spacial score (nSPS) is 12.1. The van der Waals surface area contributed by atoms with E-state index in [9.17, 15) is 10.1 Å². The number of H-pyrrole nitrogens is 1. The van der Waals surface area contributed by atoms with Gasteiger partial charge in [-0.3, -0.25) is 10.1 Å². The summed E-state index contributed by atoms with van der Waals surface area (Å²) >= 11 is 12.2. The smallest absolute Gasteiger partial charge is 0.214 e. The van der Waals surface area contributed by atoms with Crippen molar-refractivity contribution in [2.45, 2.75) is 12.5 Å². The van der Waals surface area contributed by atoms with Gasteiger partial charge in [0.2, 0.25) is 6.54 Å². The number of nitro groups is 1. The number of aromatic nitrogens is 1. The van der Waals surface area contributed by atoms with Crippen LogP contribution in [-0.2, 0) is 6.61 Å². The Morgan fingerprint density at radius 2 is 1.77 bits per heavy atom. The summed E-state index contributed by atoms with van der Waals surface area (Å²) in [5, 5.41) is 13.5. The predicted molar refractivity (Wildman–Crippen MR) is 119 cm³/mol. The Morgan fingerprint density at radius 1 is 1.00 bits per heavy atom. The monoisotopic (exact) mass is 440 g/mol. The molecule has 3 aromatic carbocycles. The van der Waals surface area contributed by atoms with Crippen molar-refractivity contribution in [3.8, 4) is 5.75 Å². The first-order chi connectivity index (χ1) is 14.5. The SMILES string of the molecule is O=[N+]([O-])C[C@H](c1ccccc1OCc1ccc(Cl)cc1Cl)c1c[nH]c2ccccc12. The largest absolute Gasteiger partial charge is 0.489 e. The lowest BCUT2D eigenvalue weighted by Crippen LogP contribution is -2.15. The van der Waals surface area contributed by atoms with Gasteiger partial charge in [-0.2, -0.15) is 0 Å². The average molecular weight is 441 g/mol. The number of benzene rings is 3. The van der Waals surface area contributed by atoms with Crippen LogP contribution in [0.5, 0.6) is 5.75 Å². The second kappa shape index (κ2) is 8.78. The third kappa shape index (κ3) is 4.27. The fraction of sp³-hybridized carbons (Fsp3) is 0.130. The van der Waals surface area contributed by atoms with Crippen molar-refractivity contribution in [1.82, 2.24) is 4.98 Å². The molecule has 152 valence electrons. The highest BCUT2D eigenvalue weighted by atomic mass is 35.5. The summed E-state index contributed by atoms with van der Waals surface area (Å²) in [4.78, 5) is 14.4. The van der Waals surface area contributed by atoms with Crippen LogP contribution in [-0.4, -0.2) is 16.5 Å². The molecule has 1 atom stereocenters. The van der Waals surface area contributed by atoms with E-state index in [1.54, 1.807) is 18.2 Å². The maximum atomic E-state index is 11.5. The molecule has 1 aromatic heterocycles. The van der Waals surface area contributed by atoms with Gasteiger partial charge in [-0.15, -0.1) is 0 Å². The molecule has 0 amide bonds. The van der Waals surface area contributed by atoms with Crippen molar-refractivity contribution < 1.29 is 9.66 Å². The zero-order valence-corrected chi connectivity index (χ0v) is 17.4. The van der Waals surface area contributed by atoms with Gasteiger partial charge in [0.15, 0.2) is 0 Å². The van der Waals surface area contributed by atoms with Crippen molar-refractivity contribution in [3.05, 3.63) is 110 Å². The lowest BCUT2D eigenvalue weighted by molar-refractivity contribution is -0.481. The molecule has 0 fully saturated rings. The summed E-state index contributed by atoms with van der Waals surface area (Å²) in [5.74, 6) is 0.119. The molecule has 1 N–H and O–H groups in total. The molecule has 0 saturated heterocycles. The number of para-hydroxylation sites is 2. The number of ether oxygens (including phenoxy) is 1. The van der Waals surface area contributed by atoms with Crippen LogP contribution in [0.1, 0.15) is 22.6 Å². The van der Waals surface area contributed by atoms with Crippen molar-refractivity contribution in [1.29, 1.82) is 0 Å². The first-order valence-corrected chi connectivity index (χ1v) is 10.1. The van der Waals surface area contributed by atoms with Crippen molar-refractivity contribution in [3.63, 3.8) is 0 Å². The Morgan fingerprint density at radius 3 is 2.57 bits per heavy atom. The molecule has 0 aliphatic rings. The van der Waals surface area contributed by atoms with Crippen LogP contribution in [0.4, 0.5) is 0 Å². The van der Waals surface area contributed by atoms with E-state index in [4.69, 9.17) is 27.9 Å². The Hall–Kier alpha value is -3.02. The van der Waals surface area contributed by atoms with Crippen LogP contribution in [0, 0.1) is 10.1 Å². The number of fused-ring (bicyclic) bond motifs is 1. The van der Waals surface area contributed by atoms with E-state index >= 15 is 0 Å². The van der Waals surface area contributed by atoms with Crippen LogP contribution >= 0.6 is 23.2 Å². The average Bonchev–Trinajstić information content (AvgIpc) is 3.16. The molecule has 7 heteroatoms. The van der Waals surface area contributed by atoms with E-state index in [-0.39, 0.29) is 18.1 Å². The summed E-state index contributed by atoms with van der Waals surface area (Å²) in [6, 6.07) is 20.4. The molecule has 0 aliphatic heterocycles. The van der Waals surface area contributed by atoms with Crippen LogP contribution in [0.25, 0.3) is 10.9 Å². The third-order valence-corrected chi connectivity index (χ3v) is 5.61. The first-order valence-electron chi connectivity index (χ1n) is 9.36. The zero-order valence-electron chi connectivity index (χ0n) is 15.8. The Kier molecular flexibility index (Phi) is 5.93. The standard InChI is InChI=1S/C23H18Cl2N2O3/c24-16-10-9-15(21(25)11-16)14-30-23-8-4-2-6-18(23)20(13-27(28)29)19-12-26-22-7-3-1-5-17(19)22/h1-12,20,26H,13-14H2/t20-/m1/s1. The van der Waals surface area contributed by atoms with Crippen LogP contribution in [0.3, 0.4) is 0 Å². The van der Waals surface area contributed by atoms with E-state index in [1.807, 2.05) is 54.7 Å². The molecule has 0 bridgehead atoms. The van der Waals surface area contributed by atoms with Crippen LogP contribution < -0.4 is 4.74 Å². The van der Waals surface area contributed by atoms with E-state index in [0.717, 1.165) is 27.6 Å². The van der Waals surface area contributed by atoms with Gasteiger partial charge in [0, 0.05) is 43.2 Å². The van der Waals surface area contributed by atoms with E-state index in [0.29, 0.717) is 15.8 Å². The summed E-state index contributed by atoms with van der Waals surface area (Å²) < 4.78 is 6.06. The minimum atomic E-state index is -0.465. The van der Waals surface area contributed by atoms with E-state index < -0.39 is 5.92 Å². The minimum absolute atomic E-state index is 0.228. The number of rotatable bonds is 7. The van der Waals surface area contributed by atoms with Gasteiger partial charge >= 0.3 is 0 Å². The number of hydrogen-bond acceptors (Lipinski definition) is 3. The molecule has 1 heterocycles. The van der Waals surface area contributed by atoms with Crippen molar-refractivity contribution >= 4 is 34.1 Å². The summed E-state index contributed by atoms with van der Waals surface area (Å²) in [6.45, 7) is -0.0179. The van der Waals surface area contributed by atoms with Crippen LogP contribution in [0.2, 0.25) is 10.0 Å². The molecule has 0 spiro atoms. The molecule has 5 nitrogen and oxygen atoms in total. The number of nitrogens with one attached hydrogen (secondary N) is 1. The first kappa shape index (κ1) is 20.3. The van der Waals surface area contributed by atoms with Gasteiger partial charge < -0.3 is 9.72 Å². The fourth-order valence-electron chi connectivity index (χ4n) is 3.59. The van der Waals surface area contributed by atoms with Crippen LogP contribution in [0.15, 0.2) is 72.9 Å². The molecule has 4 rings (SSSR count). The lowest BCUT2D eigenvalue weighted by Gasteiger charge is -2.18. The quantitative estimate of drug-likeness (QED) is 0.264. The number of nitrogens with zero attached hydrogens (tertiary/aromatic N) is 1. The molecule has 4 aromatic rings. The maximum Gasteiger partial charge on any atom is 0.214 e. The van der Waals surface area contributed by atoms with E-state index in [2.05, 4.69) is 4.98 Å². The van der Waals surface area contributed by atoms with Crippen molar-refractivity contribution in [2.75, 3.05) is 6.54 Å². The Balaban J connectivity index is 1.70. The van der Waals surface area contributed by atoms with Gasteiger partial charge in [-0.05, 0) is 29.8 Å².